The van der Waals surface area contributed by atoms with Gasteiger partial charge in [-0.1, -0.05) is 0 Å². The molecule has 0 bridgehead atoms. The molecule has 2 aromatic rings. The van der Waals surface area contributed by atoms with Crippen LogP contribution in [0.2, 0.25) is 0 Å². The molecule has 0 saturated carbocycles. The number of amides is 1. The van der Waals surface area contributed by atoms with Crippen molar-refractivity contribution in [2.45, 2.75) is 25.9 Å². The third kappa shape index (κ3) is 3.90. The number of hydrogen-bond donors (Lipinski definition) is 2. The maximum absolute atomic E-state index is 13.0. The van der Waals surface area contributed by atoms with Crippen LogP contribution < -0.4 is 10.2 Å². The van der Waals surface area contributed by atoms with Gasteiger partial charge in [0.25, 0.3) is 5.91 Å². The molecule has 1 fully saturated rings. The Balaban J connectivity index is 1.61. The minimum Gasteiger partial charge on any atom is -0.386 e. The van der Waals surface area contributed by atoms with Gasteiger partial charge in [0.05, 0.1) is 17.5 Å². The van der Waals surface area contributed by atoms with Crippen molar-refractivity contribution in [1.29, 1.82) is 0 Å². The summed E-state index contributed by atoms with van der Waals surface area (Å²) in [6.45, 7) is 4.51. The highest BCUT2D eigenvalue weighted by Gasteiger charge is 2.37. The summed E-state index contributed by atoms with van der Waals surface area (Å²) in [6, 6.07) is 2.91. The fourth-order valence-corrected chi connectivity index (χ4v) is 2.90. The van der Waals surface area contributed by atoms with E-state index in [1.807, 2.05) is 4.90 Å². The zero-order chi connectivity index (χ0) is 18.0. The summed E-state index contributed by atoms with van der Waals surface area (Å²) >= 11 is 0. The molecule has 3 rings (SSSR count). The topological polar surface area (TPSA) is 91.2 Å². The molecule has 0 unspecified atom stereocenters. The fraction of sp³-hybridized carbons (Fsp3) is 0.412. The van der Waals surface area contributed by atoms with Crippen molar-refractivity contribution in [2.24, 2.45) is 0 Å². The van der Waals surface area contributed by atoms with Crippen molar-refractivity contribution in [2.75, 3.05) is 24.5 Å². The maximum Gasteiger partial charge on any atom is 0.254 e. The van der Waals surface area contributed by atoms with Crippen LogP contribution in [0, 0.1) is 19.7 Å². The number of hydrogen-bond acceptors (Lipinski definition) is 6. The maximum atomic E-state index is 13.0. The van der Waals surface area contributed by atoms with E-state index < -0.39 is 11.4 Å². The number of aryl methyl sites for hydroxylation is 2. The first-order valence-corrected chi connectivity index (χ1v) is 8.04. The smallest absolute Gasteiger partial charge is 0.254 e. The van der Waals surface area contributed by atoms with E-state index in [1.54, 1.807) is 19.9 Å². The summed E-state index contributed by atoms with van der Waals surface area (Å²) in [7, 11) is 0. The molecule has 0 aromatic carbocycles. The van der Waals surface area contributed by atoms with Crippen LogP contribution in [0.25, 0.3) is 0 Å². The van der Waals surface area contributed by atoms with E-state index in [0.29, 0.717) is 42.4 Å². The molecule has 1 amide bonds. The Morgan fingerprint density at radius 3 is 2.84 bits per heavy atom. The quantitative estimate of drug-likeness (QED) is 0.859. The Morgan fingerprint density at radius 2 is 2.16 bits per heavy atom. The van der Waals surface area contributed by atoms with Crippen LogP contribution in [0.5, 0.6) is 0 Å². The molecule has 1 atom stereocenters. The van der Waals surface area contributed by atoms with Crippen molar-refractivity contribution in [3.8, 4) is 0 Å². The number of nitrogens with zero attached hydrogens (tertiary/aromatic N) is 4. The van der Waals surface area contributed by atoms with Crippen molar-refractivity contribution < 1.29 is 14.3 Å². The van der Waals surface area contributed by atoms with Crippen LogP contribution in [0.4, 0.5) is 10.2 Å². The minimum atomic E-state index is -1.06. The second-order valence-corrected chi connectivity index (χ2v) is 6.33. The summed E-state index contributed by atoms with van der Waals surface area (Å²) in [5.41, 5.74) is -0.0737. The summed E-state index contributed by atoms with van der Waals surface area (Å²) in [4.78, 5) is 26.4. The van der Waals surface area contributed by atoms with Crippen molar-refractivity contribution in [1.82, 2.24) is 20.3 Å². The Hall–Kier alpha value is -2.61. The lowest BCUT2D eigenvalue weighted by Gasteiger charge is -2.24. The van der Waals surface area contributed by atoms with Gasteiger partial charge >= 0.3 is 0 Å². The van der Waals surface area contributed by atoms with Gasteiger partial charge in [0.1, 0.15) is 23.1 Å². The van der Waals surface area contributed by atoms with Gasteiger partial charge in [-0.25, -0.2) is 19.3 Å². The van der Waals surface area contributed by atoms with E-state index in [1.165, 1.54) is 12.3 Å². The first kappa shape index (κ1) is 17.2. The number of pyridine rings is 1. The fourth-order valence-electron chi connectivity index (χ4n) is 2.90. The van der Waals surface area contributed by atoms with E-state index >= 15 is 0 Å². The number of rotatable bonds is 4. The van der Waals surface area contributed by atoms with Crippen LogP contribution in [0.3, 0.4) is 0 Å². The standard InChI is InChI=1S/C17H20FN5O2/c1-11-14(8-19-12(2)22-11)16(24)21-9-17(25)5-6-23(10-17)15-4-3-13(18)7-20-15/h3-4,7-8,25H,5-6,9-10H2,1-2H3,(H,21,24)/t17-/m1/s1. The van der Waals surface area contributed by atoms with Crippen molar-refractivity contribution in [3.63, 3.8) is 0 Å². The molecule has 25 heavy (non-hydrogen) atoms. The van der Waals surface area contributed by atoms with Crippen molar-refractivity contribution in [3.05, 3.63) is 47.4 Å². The van der Waals surface area contributed by atoms with Gasteiger partial charge in [0.15, 0.2) is 0 Å². The molecule has 0 spiro atoms. The summed E-state index contributed by atoms with van der Waals surface area (Å²) in [5, 5.41) is 13.4. The van der Waals surface area contributed by atoms with Gasteiger partial charge in [-0.05, 0) is 32.4 Å². The first-order valence-electron chi connectivity index (χ1n) is 8.04. The highest BCUT2D eigenvalue weighted by atomic mass is 19.1. The second-order valence-electron chi connectivity index (χ2n) is 6.33. The third-order valence-corrected chi connectivity index (χ3v) is 4.29. The van der Waals surface area contributed by atoms with Gasteiger partial charge < -0.3 is 15.3 Å². The average molecular weight is 345 g/mol. The molecule has 7 nitrogen and oxygen atoms in total. The SMILES string of the molecule is Cc1ncc(C(=O)NC[C@]2(O)CCN(c3ccc(F)cn3)C2)c(C)n1. The second kappa shape index (κ2) is 6.72. The number of carbonyl (C=O) groups excluding carboxylic acids is 1. The van der Waals surface area contributed by atoms with E-state index in [9.17, 15) is 14.3 Å². The van der Waals surface area contributed by atoms with Crippen LogP contribution >= 0.6 is 0 Å². The lowest BCUT2D eigenvalue weighted by atomic mass is 10.0. The molecular weight excluding hydrogens is 325 g/mol. The van der Waals surface area contributed by atoms with Crippen LogP contribution in [-0.4, -0.2) is 51.2 Å². The molecular formula is C17H20FN5O2. The number of β-amino-alcohol motifs (C(OH)–C–C–N with tert-alkyl or cyclic N) is 1. The zero-order valence-corrected chi connectivity index (χ0v) is 14.2. The summed E-state index contributed by atoms with van der Waals surface area (Å²) in [6.07, 6.45) is 3.12. The molecule has 0 radical (unpaired) electrons. The number of aromatic nitrogens is 3. The average Bonchev–Trinajstić information content (AvgIpc) is 2.96. The molecule has 3 heterocycles. The monoisotopic (exact) mass is 345 g/mol. The molecule has 2 aromatic heterocycles. The first-order chi connectivity index (χ1) is 11.9. The normalized spacial score (nSPS) is 19.9. The molecule has 1 aliphatic rings. The zero-order valence-electron chi connectivity index (χ0n) is 14.2. The predicted octanol–water partition coefficient (Wildman–Crippen LogP) is 0.999. The van der Waals surface area contributed by atoms with Crippen LogP contribution in [0.15, 0.2) is 24.5 Å². The molecule has 132 valence electrons. The van der Waals surface area contributed by atoms with Crippen LogP contribution in [0.1, 0.15) is 28.3 Å². The van der Waals surface area contributed by atoms with E-state index in [-0.39, 0.29) is 12.5 Å². The number of nitrogens with one attached hydrogen (secondary N) is 1. The van der Waals surface area contributed by atoms with Crippen LogP contribution in [-0.2, 0) is 0 Å². The molecule has 1 aliphatic heterocycles. The molecule has 1 saturated heterocycles. The van der Waals surface area contributed by atoms with Gasteiger partial charge in [-0.3, -0.25) is 4.79 Å². The Bertz CT molecular complexity index is 783. The Kier molecular flexibility index (Phi) is 4.63. The number of aliphatic hydroxyl groups is 1. The van der Waals surface area contributed by atoms with E-state index in [2.05, 4.69) is 20.3 Å². The van der Waals surface area contributed by atoms with E-state index in [4.69, 9.17) is 0 Å². The van der Waals surface area contributed by atoms with Gasteiger partial charge in [0.2, 0.25) is 0 Å². The van der Waals surface area contributed by atoms with Gasteiger partial charge in [-0.15, -0.1) is 0 Å². The Morgan fingerprint density at radius 1 is 1.36 bits per heavy atom. The summed E-state index contributed by atoms with van der Waals surface area (Å²) in [5.74, 6) is 0.489. The lowest BCUT2D eigenvalue weighted by Crippen LogP contribution is -2.45. The number of anilines is 1. The predicted molar refractivity (Wildman–Crippen MR) is 89.8 cm³/mol. The summed E-state index contributed by atoms with van der Waals surface area (Å²) < 4.78 is 13.0. The highest BCUT2D eigenvalue weighted by Crippen LogP contribution is 2.25. The molecule has 8 heteroatoms. The molecule has 0 aliphatic carbocycles. The molecule has 2 N–H and O–H groups in total. The highest BCUT2D eigenvalue weighted by molar-refractivity contribution is 5.94. The Labute approximate surface area is 144 Å². The number of halogens is 1. The largest absolute Gasteiger partial charge is 0.386 e. The minimum absolute atomic E-state index is 0.108. The lowest BCUT2D eigenvalue weighted by molar-refractivity contribution is 0.0575. The van der Waals surface area contributed by atoms with Gasteiger partial charge in [0, 0.05) is 25.8 Å². The van der Waals surface area contributed by atoms with Crippen molar-refractivity contribution >= 4 is 11.7 Å². The van der Waals surface area contributed by atoms with E-state index in [0.717, 1.165) is 6.20 Å². The third-order valence-electron chi connectivity index (χ3n) is 4.29. The van der Waals surface area contributed by atoms with Gasteiger partial charge in [-0.2, -0.15) is 0 Å². The number of carbonyl (C=O) groups is 1.